The molecule has 1 fully saturated rings. The Labute approximate surface area is 121 Å². The van der Waals surface area contributed by atoms with Crippen LogP contribution in [0, 0.1) is 11.6 Å². The molecule has 0 spiro atoms. The number of carbonyl (C=O) groups excluding carboxylic acids is 1. The Morgan fingerprint density at radius 2 is 2.20 bits per heavy atom. The molecular weight excluding hydrogens is 288 g/mol. The molecule has 1 aromatic rings. The van der Waals surface area contributed by atoms with Gasteiger partial charge < -0.3 is 9.64 Å². The van der Waals surface area contributed by atoms with Gasteiger partial charge in [0.1, 0.15) is 11.6 Å². The van der Waals surface area contributed by atoms with Crippen LogP contribution >= 0.6 is 11.6 Å². The SMILES string of the molecule is CC1CN(C(=O)Cc2ccc(F)cc2F)CC(CCl)O1. The number of benzene rings is 1. The fraction of sp³-hybridized carbons (Fsp3) is 0.500. The van der Waals surface area contributed by atoms with Crippen molar-refractivity contribution in [1.82, 2.24) is 4.90 Å². The largest absolute Gasteiger partial charge is 0.370 e. The zero-order valence-electron chi connectivity index (χ0n) is 11.1. The van der Waals surface area contributed by atoms with Gasteiger partial charge in [-0.3, -0.25) is 4.79 Å². The highest BCUT2D eigenvalue weighted by atomic mass is 35.5. The molecule has 0 saturated carbocycles. The van der Waals surface area contributed by atoms with E-state index in [0.29, 0.717) is 19.0 Å². The maximum atomic E-state index is 13.5. The standard InChI is InChI=1S/C14H16ClF2NO2/c1-9-7-18(8-12(6-15)20-9)14(19)4-10-2-3-11(16)5-13(10)17/h2-3,5,9,12H,4,6-8H2,1H3. The number of rotatable bonds is 3. The number of hydrogen-bond acceptors (Lipinski definition) is 2. The summed E-state index contributed by atoms with van der Waals surface area (Å²) in [6.45, 7) is 2.71. The second kappa shape index (κ2) is 6.50. The minimum atomic E-state index is -0.700. The van der Waals surface area contributed by atoms with Gasteiger partial charge in [-0.1, -0.05) is 6.07 Å². The molecule has 6 heteroatoms. The number of morpholine rings is 1. The summed E-state index contributed by atoms with van der Waals surface area (Å²) in [5, 5.41) is 0. The van der Waals surface area contributed by atoms with Crippen molar-refractivity contribution < 1.29 is 18.3 Å². The molecule has 1 aliphatic rings. The first kappa shape index (κ1) is 15.2. The molecule has 0 aromatic heterocycles. The molecule has 0 N–H and O–H groups in total. The third-order valence-electron chi connectivity index (χ3n) is 3.21. The molecule has 1 heterocycles. The average molecular weight is 304 g/mol. The molecule has 1 aromatic carbocycles. The van der Waals surface area contributed by atoms with Crippen molar-refractivity contribution in [2.45, 2.75) is 25.6 Å². The van der Waals surface area contributed by atoms with Crippen LogP contribution in [0.5, 0.6) is 0 Å². The summed E-state index contributed by atoms with van der Waals surface area (Å²) in [5.74, 6) is -1.26. The van der Waals surface area contributed by atoms with Gasteiger partial charge in [-0.15, -0.1) is 11.6 Å². The van der Waals surface area contributed by atoms with E-state index in [1.807, 2.05) is 6.92 Å². The van der Waals surface area contributed by atoms with Crippen molar-refractivity contribution in [1.29, 1.82) is 0 Å². The molecule has 3 nitrogen and oxygen atoms in total. The van der Waals surface area contributed by atoms with Gasteiger partial charge >= 0.3 is 0 Å². The minimum Gasteiger partial charge on any atom is -0.370 e. The van der Waals surface area contributed by atoms with Crippen LogP contribution in [0.25, 0.3) is 0 Å². The molecule has 2 unspecified atom stereocenters. The monoisotopic (exact) mass is 303 g/mol. The van der Waals surface area contributed by atoms with Gasteiger partial charge in [0.05, 0.1) is 24.5 Å². The highest BCUT2D eigenvalue weighted by Gasteiger charge is 2.28. The summed E-state index contributed by atoms with van der Waals surface area (Å²) in [4.78, 5) is 13.8. The molecule has 1 saturated heterocycles. The highest BCUT2D eigenvalue weighted by Crippen LogP contribution is 2.16. The lowest BCUT2D eigenvalue weighted by atomic mass is 10.1. The summed E-state index contributed by atoms with van der Waals surface area (Å²) in [7, 11) is 0. The molecule has 0 bridgehead atoms. The van der Waals surface area contributed by atoms with E-state index in [0.717, 1.165) is 12.1 Å². The van der Waals surface area contributed by atoms with Crippen molar-refractivity contribution in [3.8, 4) is 0 Å². The zero-order chi connectivity index (χ0) is 14.7. The predicted molar refractivity (Wildman–Crippen MR) is 71.7 cm³/mol. The lowest BCUT2D eigenvalue weighted by Gasteiger charge is -2.36. The number of ether oxygens (including phenoxy) is 1. The smallest absolute Gasteiger partial charge is 0.227 e. The Hall–Kier alpha value is -1.20. The maximum Gasteiger partial charge on any atom is 0.227 e. The van der Waals surface area contributed by atoms with Gasteiger partial charge in [0.2, 0.25) is 5.91 Å². The number of halogens is 3. The first-order valence-electron chi connectivity index (χ1n) is 6.42. The zero-order valence-corrected chi connectivity index (χ0v) is 11.9. The van der Waals surface area contributed by atoms with Gasteiger partial charge in [0, 0.05) is 19.2 Å². The third kappa shape index (κ3) is 3.67. The van der Waals surface area contributed by atoms with E-state index in [2.05, 4.69) is 0 Å². The van der Waals surface area contributed by atoms with Gasteiger partial charge in [-0.25, -0.2) is 8.78 Å². The molecule has 110 valence electrons. The summed E-state index contributed by atoms with van der Waals surface area (Å²) in [5.41, 5.74) is 0.193. The quantitative estimate of drug-likeness (QED) is 0.802. The number of hydrogen-bond donors (Lipinski definition) is 0. The summed E-state index contributed by atoms with van der Waals surface area (Å²) in [6, 6.07) is 3.23. The van der Waals surface area contributed by atoms with Crippen LogP contribution in [0.4, 0.5) is 8.78 Å². The van der Waals surface area contributed by atoms with Crippen LogP contribution in [0.1, 0.15) is 12.5 Å². The van der Waals surface area contributed by atoms with Crippen LogP contribution in [0.15, 0.2) is 18.2 Å². The fourth-order valence-corrected chi connectivity index (χ4v) is 2.44. The number of nitrogens with zero attached hydrogens (tertiary/aromatic N) is 1. The van der Waals surface area contributed by atoms with Gasteiger partial charge in [0.15, 0.2) is 0 Å². The normalized spacial score (nSPS) is 22.9. The van der Waals surface area contributed by atoms with E-state index >= 15 is 0 Å². The Morgan fingerprint density at radius 3 is 2.85 bits per heavy atom. The van der Waals surface area contributed by atoms with E-state index in [-0.39, 0.29) is 30.1 Å². The molecule has 2 atom stereocenters. The van der Waals surface area contributed by atoms with E-state index in [4.69, 9.17) is 16.3 Å². The van der Waals surface area contributed by atoms with Crippen LogP contribution in [0.3, 0.4) is 0 Å². The van der Waals surface area contributed by atoms with E-state index in [9.17, 15) is 13.6 Å². The average Bonchev–Trinajstić information content (AvgIpc) is 2.41. The molecule has 1 aliphatic heterocycles. The fourth-order valence-electron chi connectivity index (χ4n) is 2.27. The van der Waals surface area contributed by atoms with Crippen LogP contribution in [-0.2, 0) is 16.0 Å². The lowest BCUT2D eigenvalue weighted by molar-refractivity contribution is -0.142. The Bertz CT molecular complexity index is 498. The second-order valence-electron chi connectivity index (χ2n) is 4.93. The number of amides is 1. The number of carbonyl (C=O) groups is 1. The molecular formula is C14H16ClF2NO2. The Morgan fingerprint density at radius 1 is 1.45 bits per heavy atom. The maximum absolute atomic E-state index is 13.5. The highest BCUT2D eigenvalue weighted by molar-refractivity contribution is 6.18. The second-order valence-corrected chi connectivity index (χ2v) is 5.24. The van der Waals surface area contributed by atoms with E-state index < -0.39 is 11.6 Å². The number of alkyl halides is 1. The van der Waals surface area contributed by atoms with Crippen molar-refractivity contribution in [3.63, 3.8) is 0 Å². The topological polar surface area (TPSA) is 29.5 Å². The summed E-state index contributed by atoms with van der Waals surface area (Å²) < 4.78 is 31.9. The van der Waals surface area contributed by atoms with Crippen LogP contribution < -0.4 is 0 Å². The van der Waals surface area contributed by atoms with Crippen molar-refractivity contribution in [2.75, 3.05) is 19.0 Å². The molecule has 0 radical (unpaired) electrons. The van der Waals surface area contributed by atoms with Crippen molar-refractivity contribution in [3.05, 3.63) is 35.4 Å². The minimum absolute atomic E-state index is 0.0894. The molecule has 0 aliphatic carbocycles. The first-order chi connectivity index (χ1) is 9.49. The van der Waals surface area contributed by atoms with Crippen molar-refractivity contribution in [2.24, 2.45) is 0 Å². The molecule has 2 rings (SSSR count). The summed E-state index contributed by atoms with van der Waals surface area (Å²) >= 11 is 5.75. The Balaban J connectivity index is 2.03. The molecule has 20 heavy (non-hydrogen) atoms. The van der Waals surface area contributed by atoms with Gasteiger partial charge in [-0.2, -0.15) is 0 Å². The summed E-state index contributed by atoms with van der Waals surface area (Å²) in [6.07, 6.45) is -0.398. The third-order valence-corrected chi connectivity index (χ3v) is 3.55. The van der Waals surface area contributed by atoms with Crippen LogP contribution in [0.2, 0.25) is 0 Å². The molecule has 1 amide bonds. The van der Waals surface area contributed by atoms with E-state index in [1.165, 1.54) is 6.07 Å². The van der Waals surface area contributed by atoms with Crippen molar-refractivity contribution >= 4 is 17.5 Å². The first-order valence-corrected chi connectivity index (χ1v) is 6.96. The Kier molecular flexibility index (Phi) is 4.94. The van der Waals surface area contributed by atoms with E-state index in [1.54, 1.807) is 4.90 Å². The predicted octanol–water partition coefficient (Wildman–Crippen LogP) is 2.36. The lowest BCUT2D eigenvalue weighted by Crippen LogP contribution is -2.50. The van der Waals surface area contributed by atoms with Crippen LogP contribution in [-0.4, -0.2) is 42.0 Å². The van der Waals surface area contributed by atoms with Gasteiger partial charge in [-0.05, 0) is 18.6 Å². The van der Waals surface area contributed by atoms with Gasteiger partial charge in [0.25, 0.3) is 0 Å².